The lowest BCUT2D eigenvalue weighted by Crippen LogP contribution is -1.98. The number of carbonyl (C=O) groups excluding carboxylic acids is 1. The summed E-state index contributed by atoms with van der Waals surface area (Å²) in [6.07, 6.45) is 10.3. The van der Waals surface area contributed by atoms with Gasteiger partial charge in [0.25, 0.3) is 0 Å². The lowest BCUT2D eigenvalue weighted by Gasteiger charge is -1.93. The molecule has 2 nitrogen and oxygen atoms in total. The zero-order chi connectivity index (χ0) is 9.52. The van der Waals surface area contributed by atoms with Gasteiger partial charge in [0.15, 0.2) is 0 Å². The minimum Gasteiger partial charge on any atom is -0.463 e. The molecule has 72 valence electrons. The summed E-state index contributed by atoms with van der Waals surface area (Å²) in [4.78, 5) is 10.9. The molecule has 1 aliphatic rings. The Kier molecular flexibility index (Phi) is 4.30. The topological polar surface area (TPSA) is 26.3 Å². The highest BCUT2D eigenvalue weighted by Crippen LogP contribution is 2.23. The van der Waals surface area contributed by atoms with Crippen LogP contribution in [-0.2, 0) is 9.53 Å². The van der Waals surface area contributed by atoms with Gasteiger partial charge in [-0.3, -0.25) is 0 Å². The number of ether oxygens (including phenoxy) is 1. The number of hydrogen-bond donors (Lipinski definition) is 0. The zero-order valence-electron chi connectivity index (χ0n) is 8.08. The second kappa shape index (κ2) is 5.57. The highest BCUT2D eigenvalue weighted by Gasteiger charge is 2.04. The first-order valence-electron chi connectivity index (χ1n) is 4.86. The number of hydrogen-bond acceptors (Lipinski definition) is 2. The number of esters is 1. The van der Waals surface area contributed by atoms with Gasteiger partial charge in [0.2, 0.25) is 0 Å². The van der Waals surface area contributed by atoms with Crippen molar-refractivity contribution in [2.45, 2.75) is 32.6 Å². The van der Waals surface area contributed by atoms with Gasteiger partial charge in [0.05, 0.1) is 6.61 Å². The van der Waals surface area contributed by atoms with Crippen molar-refractivity contribution in [3.8, 4) is 0 Å². The third-order valence-corrected chi connectivity index (χ3v) is 2.10. The molecule has 0 atom stereocenters. The second-order valence-corrected chi connectivity index (χ2v) is 3.14. The molecule has 0 radical (unpaired) electrons. The van der Waals surface area contributed by atoms with Crippen molar-refractivity contribution < 1.29 is 9.53 Å². The first-order chi connectivity index (χ1) is 6.33. The van der Waals surface area contributed by atoms with Crippen molar-refractivity contribution >= 4 is 5.97 Å². The molecule has 0 spiro atoms. The van der Waals surface area contributed by atoms with Gasteiger partial charge in [-0.1, -0.05) is 17.7 Å². The molecule has 0 saturated heterocycles. The van der Waals surface area contributed by atoms with Gasteiger partial charge < -0.3 is 4.74 Å². The van der Waals surface area contributed by atoms with E-state index in [1.165, 1.54) is 37.3 Å². The largest absolute Gasteiger partial charge is 0.463 e. The molecule has 0 aromatic heterocycles. The van der Waals surface area contributed by atoms with Crippen LogP contribution >= 0.6 is 0 Å². The van der Waals surface area contributed by atoms with Crippen LogP contribution in [0, 0.1) is 0 Å². The van der Waals surface area contributed by atoms with Gasteiger partial charge in [-0.2, -0.15) is 0 Å². The molecule has 0 heterocycles. The molecule has 1 fully saturated rings. The van der Waals surface area contributed by atoms with E-state index < -0.39 is 0 Å². The summed E-state index contributed by atoms with van der Waals surface area (Å²) in [5.74, 6) is -0.252. The standard InChI is InChI=1S/C11H16O2/c1-2-13-11(12)9-5-8-10-6-3-4-7-10/h5,8-9H,2-4,6-7H2,1H3/b9-5+. The summed E-state index contributed by atoms with van der Waals surface area (Å²) in [5, 5.41) is 0. The molecule has 2 heteroatoms. The monoisotopic (exact) mass is 180 g/mol. The number of allylic oxidation sites excluding steroid dienone is 3. The van der Waals surface area contributed by atoms with E-state index in [9.17, 15) is 4.79 Å². The van der Waals surface area contributed by atoms with Crippen molar-refractivity contribution in [3.05, 3.63) is 23.8 Å². The van der Waals surface area contributed by atoms with Crippen LogP contribution in [0.15, 0.2) is 23.8 Å². The Bertz CT molecular complexity index is 218. The summed E-state index contributed by atoms with van der Waals surface area (Å²) < 4.78 is 4.75. The maximum atomic E-state index is 10.9. The Balaban J connectivity index is 2.31. The van der Waals surface area contributed by atoms with Gasteiger partial charge in [-0.05, 0) is 32.6 Å². The number of rotatable bonds is 3. The SMILES string of the molecule is CCOC(=O)/C=C/C=C1CCCC1. The van der Waals surface area contributed by atoms with Gasteiger partial charge in [-0.25, -0.2) is 4.79 Å². The fourth-order valence-corrected chi connectivity index (χ4v) is 1.45. The van der Waals surface area contributed by atoms with Crippen molar-refractivity contribution in [1.29, 1.82) is 0 Å². The summed E-state index contributed by atoms with van der Waals surface area (Å²) in [7, 11) is 0. The zero-order valence-corrected chi connectivity index (χ0v) is 8.08. The van der Waals surface area contributed by atoms with Crippen LogP contribution < -0.4 is 0 Å². The summed E-state index contributed by atoms with van der Waals surface area (Å²) in [5.41, 5.74) is 1.44. The maximum absolute atomic E-state index is 10.9. The predicted molar refractivity (Wildman–Crippen MR) is 52.3 cm³/mol. The van der Waals surface area contributed by atoms with Gasteiger partial charge in [0.1, 0.15) is 0 Å². The molecule has 1 rings (SSSR count). The molecular formula is C11H16O2. The van der Waals surface area contributed by atoms with E-state index in [4.69, 9.17) is 4.74 Å². The van der Waals surface area contributed by atoms with Crippen LogP contribution in [0.1, 0.15) is 32.6 Å². The van der Waals surface area contributed by atoms with Gasteiger partial charge in [0, 0.05) is 6.08 Å². The average molecular weight is 180 g/mol. The Morgan fingerprint density at radius 2 is 2.15 bits per heavy atom. The molecule has 0 aromatic carbocycles. The smallest absolute Gasteiger partial charge is 0.330 e. The van der Waals surface area contributed by atoms with E-state index >= 15 is 0 Å². The van der Waals surface area contributed by atoms with E-state index in [2.05, 4.69) is 0 Å². The Hall–Kier alpha value is -1.05. The molecule has 1 saturated carbocycles. The van der Waals surface area contributed by atoms with Crippen LogP contribution in [0.4, 0.5) is 0 Å². The third kappa shape index (κ3) is 3.92. The first kappa shape index (κ1) is 10.0. The lowest BCUT2D eigenvalue weighted by molar-refractivity contribution is -0.137. The van der Waals surface area contributed by atoms with Gasteiger partial charge in [-0.15, -0.1) is 0 Å². The maximum Gasteiger partial charge on any atom is 0.330 e. The molecule has 0 aromatic rings. The predicted octanol–water partition coefficient (Wildman–Crippen LogP) is 2.61. The first-order valence-corrected chi connectivity index (χ1v) is 4.86. The highest BCUT2D eigenvalue weighted by atomic mass is 16.5. The normalized spacial score (nSPS) is 16.5. The van der Waals surface area contributed by atoms with E-state index in [0.29, 0.717) is 6.61 Å². The molecule has 0 unspecified atom stereocenters. The van der Waals surface area contributed by atoms with E-state index in [-0.39, 0.29) is 5.97 Å². The van der Waals surface area contributed by atoms with Crippen LogP contribution in [0.3, 0.4) is 0 Å². The Labute approximate surface area is 79.3 Å². The summed E-state index contributed by atoms with van der Waals surface area (Å²) in [6, 6.07) is 0. The molecule has 0 N–H and O–H groups in total. The Morgan fingerprint density at radius 1 is 1.46 bits per heavy atom. The minimum absolute atomic E-state index is 0.252. The Morgan fingerprint density at radius 3 is 2.77 bits per heavy atom. The van der Waals surface area contributed by atoms with Crippen LogP contribution in [-0.4, -0.2) is 12.6 Å². The minimum atomic E-state index is -0.252. The molecule has 0 amide bonds. The van der Waals surface area contributed by atoms with Crippen molar-refractivity contribution in [3.63, 3.8) is 0 Å². The molecule has 0 bridgehead atoms. The molecular weight excluding hydrogens is 164 g/mol. The van der Waals surface area contributed by atoms with E-state index in [1.807, 2.05) is 6.08 Å². The van der Waals surface area contributed by atoms with Crippen molar-refractivity contribution in [2.24, 2.45) is 0 Å². The van der Waals surface area contributed by atoms with Gasteiger partial charge >= 0.3 is 5.97 Å². The van der Waals surface area contributed by atoms with E-state index in [0.717, 1.165) is 0 Å². The third-order valence-electron chi connectivity index (χ3n) is 2.10. The van der Waals surface area contributed by atoms with Crippen LogP contribution in [0.5, 0.6) is 0 Å². The van der Waals surface area contributed by atoms with Crippen molar-refractivity contribution in [1.82, 2.24) is 0 Å². The molecule has 0 aliphatic heterocycles. The molecule has 13 heavy (non-hydrogen) atoms. The van der Waals surface area contributed by atoms with Crippen LogP contribution in [0.2, 0.25) is 0 Å². The lowest BCUT2D eigenvalue weighted by atomic mass is 10.2. The second-order valence-electron chi connectivity index (χ2n) is 3.14. The average Bonchev–Trinajstić information content (AvgIpc) is 2.57. The van der Waals surface area contributed by atoms with E-state index in [1.54, 1.807) is 13.0 Å². The molecule has 1 aliphatic carbocycles. The van der Waals surface area contributed by atoms with Crippen LogP contribution in [0.25, 0.3) is 0 Å². The fraction of sp³-hybridized carbons (Fsp3) is 0.545. The summed E-state index contributed by atoms with van der Waals surface area (Å²) >= 11 is 0. The van der Waals surface area contributed by atoms with Crippen molar-refractivity contribution in [2.75, 3.05) is 6.61 Å². The number of carbonyl (C=O) groups is 1. The fourth-order valence-electron chi connectivity index (χ4n) is 1.45. The summed E-state index contributed by atoms with van der Waals surface area (Å²) in [6.45, 7) is 2.25. The highest BCUT2D eigenvalue weighted by molar-refractivity contribution is 5.82. The quantitative estimate of drug-likeness (QED) is 0.493.